The van der Waals surface area contributed by atoms with Gasteiger partial charge in [0.15, 0.2) is 134 Å². The predicted octanol–water partition coefficient (Wildman–Crippen LogP) is 19.3. The summed E-state index contributed by atoms with van der Waals surface area (Å²) in [6.07, 6.45) is -16.7. The van der Waals surface area contributed by atoms with Crippen LogP contribution in [0.2, 0.25) is 0 Å². The summed E-state index contributed by atoms with van der Waals surface area (Å²) < 4.78 is 475. The lowest BCUT2D eigenvalue weighted by Crippen LogP contribution is -2.37. The monoisotopic (exact) mass is 1260 g/mol. The first-order valence-electron chi connectivity index (χ1n) is 22.0. The van der Waals surface area contributed by atoms with Crippen LogP contribution in [0.1, 0.15) is 5.56 Å². The van der Waals surface area contributed by atoms with Gasteiger partial charge in [0.1, 0.15) is 34.0 Å². The first kappa shape index (κ1) is 62.4. The molecule has 450 valence electrons. The molecule has 1 aliphatic rings. The summed E-state index contributed by atoms with van der Waals surface area (Å²) >= 11 is 0. The number of anilines is 5. The van der Waals surface area contributed by atoms with Gasteiger partial charge in [-0.25, -0.2) is 114 Å². The largest absolute Gasteiger partial charge is 0.422 e. The molecule has 7 aromatic rings. The quantitative estimate of drug-likeness (QED) is 0.0765. The molecule has 0 spiro atoms. The maximum atomic E-state index is 16.2. The second kappa shape index (κ2) is 21.8. The molecule has 0 saturated heterocycles. The number of hydrogen-bond donors (Lipinski definition) is 0. The SMILES string of the molecule is FC1=C(F)C(CN(c2ccc(-c3ccc(N(c4c(F)c(F)c(-c5c(F)c(F)c(F)c(F)c5F)c(F)c4F)c4c(F)c(F)c(C(F)(F)F)c(F)c4F)cc3)cc2)c2c(F)c(F)c(-c3c(F)c(F)c(F)c(F)c3F)c(F)c2F)C(F)C(F)=C1C(F)(F)F. The van der Waals surface area contributed by atoms with Gasteiger partial charge in [0.25, 0.3) is 0 Å². The van der Waals surface area contributed by atoms with Crippen LogP contribution in [0.3, 0.4) is 0 Å². The van der Waals surface area contributed by atoms with Gasteiger partial charge < -0.3 is 4.90 Å². The van der Waals surface area contributed by atoms with Gasteiger partial charge in [-0.3, -0.25) is 4.90 Å². The van der Waals surface area contributed by atoms with Gasteiger partial charge in [0.05, 0.1) is 28.2 Å². The second-order valence-electron chi connectivity index (χ2n) is 17.3. The minimum Gasteiger partial charge on any atom is -0.336 e. The summed E-state index contributed by atoms with van der Waals surface area (Å²) in [6.45, 7) is -2.22. The van der Waals surface area contributed by atoms with Crippen molar-refractivity contribution in [1.29, 1.82) is 0 Å². The Kier molecular flexibility index (Phi) is 16.0. The van der Waals surface area contributed by atoms with E-state index >= 15 is 61.5 Å². The predicted molar refractivity (Wildman–Crippen MR) is 227 cm³/mol. The molecule has 0 bridgehead atoms. The Balaban J connectivity index is 1.30. The van der Waals surface area contributed by atoms with E-state index in [-0.39, 0.29) is 12.1 Å². The van der Waals surface area contributed by atoms with Crippen LogP contribution in [0.4, 0.5) is 169 Å². The minimum atomic E-state index is -6.38. The van der Waals surface area contributed by atoms with Crippen molar-refractivity contribution in [2.75, 3.05) is 16.3 Å². The lowest BCUT2D eigenvalue weighted by molar-refractivity contribution is -0.143. The fourth-order valence-electron chi connectivity index (χ4n) is 8.62. The third kappa shape index (κ3) is 9.81. The van der Waals surface area contributed by atoms with Crippen molar-refractivity contribution in [2.45, 2.75) is 18.5 Å². The van der Waals surface area contributed by atoms with E-state index in [1.807, 2.05) is 0 Å². The van der Waals surface area contributed by atoms with E-state index in [1.54, 1.807) is 0 Å². The fourth-order valence-corrected chi connectivity index (χ4v) is 8.62. The van der Waals surface area contributed by atoms with Crippen molar-refractivity contribution in [3.05, 3.63) is 205 Å². The van der Waals surface area contributed by atoms with Gasteiger partial charge in [-0.05, 0) is 35.4 Å². The summed E-state index contributed by atoms with van der Waals surface area (Å²) in [6, 6.07) is 3.25. The van der Waals surface area contributed by atoms with Crippen molar-refractivity contribution in [3.63, 3.8) is 0 Å². The molecule has 0 N–H and O–H groups in total. The molecule has 1 aliphatic carbocycles. The fraction of sp³-hybridized carbons (Fsp3) is 0.0980. The number of benzene rings is 7. The van der Waals surface area contributed by atoms with Crippen LogP contribution in [0, 0.1) is 134 Å². The van der Waals surface area contributed by atoms with E-state index in [9.17, 15) is 79.0 Å². The highest BCUT2D eigenvalue weighted by Crippen LogP contribution is 2.51. The molecule has 0 radical (unpaired) electrons. The van der Waals surface area contributed by atoms with E-state index in [0.29, 0.717) is 36.4 Å². The van der Waals surface area contributed by atoms with E-state index in [1.165, 1.54) is 0 Å². The lowest BCUT2D eigenvalue weighted by Gasteiger charge is -2.33. The molecule has 2 nitrogen and oxygen atoms in total. The molecule has 7 aromatic carbocycles. The van der Waals surface area contributed by atoms with Gasteiger partial charge in [-0.15, -0.1) is 0 Å². The zero-order valence-corrected chi connectivity index (χ0v) is 39.5. The van der Waals surface area contributed by atoms with Crippen LogP contribution >= 0.6 is 0 Å². The number of hydrogen-bond acceptors (Lipinski definition) is 2. The summed E-state index contributed by atoms with van der Waals surface area (Å²) in [5.74, 6) is -82.2. The summed E-state index contributed by atoms with van der Waals surface area (Å²) in [5, 5.41) is 0. The van der Waals surface area contributed by atoms with Gasteiger partial charge in [-0.1, -0.05) is 24.3 Å². The van der Waals surface area contributed by atoms with Crippen molar-refractivity contribution in [3.8, 4) is 33.4 Å². The highest BCUT2D eigenvalue weighted by Gasteiger charge is 2.51. The highest BCUT2D eigenvalue weighted by molar-refractivity contribution is 5.83. The van der Waals surface area contributed by atoms with Crippen LogP contribution in [0.15, 0.2) is 71.6 Å². The summed E-state index contributed by atoms with van der Waals surface area (Å²) in [5.41, 5.74) is -29.4. The van der Waals surface area contributed by atoms with Crippen LogP contribution in [0.5, 0.6) is 0 Å². The van der Waals surface area contributed by atoms with Crippen molar-refractivity contribution >= 4 is 28.4 Å². The number of alkyl halides is 7. The van der Waals surface area contributed by atoms with Crippen LogP contribution < -0.4 is 9.80 Å². The third-order valence-electron chi connectivity index (χ3n) is 12.5. The number of allylic oxidation sites excluding steroid dienone is 3. The average molecular weight is 1260 g/mol. The Hall–Kier alpha value is -8.62. The average Bonchev–Trinajstić information content (AvgIpc) is 0.949. The van der Waals surface area contributed by atoms with E-state index in [0.717, 1.165) is 0 Å². The molecule has 2 atom stereocenters. The Morgan fingerprint density at radius 3 is 0.906 bits per heavy atom. The molecule has 0 amide bonds. The molecule has 2 unspecified atom stereocenters. The Bertz CT molecular complexity index is 3890. The lowest BCUT2D eigenvalue weighted by atomic mass is 9.90. The second-order valence-corrected chi connectivity index (χ2v) is 17.3. The third-order valence-corrected chi connectivity index (χ3v) is 12.5. The molecular weight excluding hydrogens is 1250 g/mol. The maximum absolute atomic E-state index is 16.2. The topological polar surface area (TPSA) is 6.48 Å². The minimum absolute atomic E-state index is 0.211. The number of halogens is 32. The van der Waals surface area contributed by atoms with E-state index in [4.69, 9.17) is 0 Å². The van der Waals surface area contributed by atoms with E-state index < -0.39 is 259 Å². The zero-order valence-electron chi connectivity index (χ0n) is 39.5. The van der Waals surface area contributed by atoms with Crippen LogP contribution in [-0.4, -0.2) is 18.9 Å². The standard InChI is InChI=1S/C51H12F32N2/c52-21-14(22(53)32(63)19(31(21)62)50(78,79)80)9-84(47-41(72)27(58)17(28(59)42(47)73)15-23(54)35(66)39(70)36(67)24(15)55)12-5-1-10(2-6-12)11-3-7-13(8-4-11)85(49-45(76)33(64)20(51(81,82)83)34(65)46(49)77)48-43(74)29(60)18(30(61)44(48)75)16-25(56)37(68)40(71)38(69)26(16)57/h1-8,14,21H,9H2. The van der Waals surface area contributed by atoms with Gasteiger partial charge >= 0.3 is 12.4 Å². The highest BCUT2D eigenvalue weighted by atomic mass is 19.4. The van der Waals surface area contributed by atoms with Crippen LogP contribution in [0.25, 0.3) is 33.4 Å². The first-order valence-corrected chi connectivity index (χ1v) is 22.0. The molecule has 34 heteroatoms. The van der Waals surface area contributed by atoms with Crippen molar-refractivity contribution in [1.82, 2.24) is 0 Å². The maximum Gasteiger partial charge on any atom is 0.422 e. The molecule has 0 fully saturated rings. The van der Waals surface area contributed by atoms with Crippen LogP contribution in [-0.2, 0) is 6.18 Å². The molecule has 0 aromatic heterocycles. The Morgan fingerprint density at radius 1 is 0.306 bits per heavy atom. The molecular formula is C51H12F32N2. The molecule has 0 saturated carbocycles. The van der Waals surface area contributed by atoms with Gasteiger partial charge in [0, 0.05) is 17.9 Å². The smallest absolute Gasteiger partial charge is 0.336 e. The summed E-state index contributed by atoms with van der Waals surface area (Å²) in [7, 11) is 0. The molecule has 0 aliphatic heterocycles. The zero-order chi connectivity index (χ0) is 63.6. The van der Waals surface area contributed by atoms with E-state index in [2.05, 4.69) is 0 Å². The van der Waals surface area contributed by atoms with Crippen molar-refractivity contribution < 1.29 is 140 Å². The Morgan fingerprint density at radius 2 is 0.588 bits per heavy atom. The molecule has 85 heavy (non-hydrogen) atoms. The van der Waals surface area contributed by atoms with Crippen molar-refractivity contribution in [2.24, 2.45) is 5.92 Å². The summed E-state index contributed by atoms with van der Waals surface area (Å²) in [4.78, 5) is -1.43. The molecule has 8 rings (SSSR count). The normalized spacial score (nSPS) is 15.0. The van der Waals surface area contributed by atoms with Gasteiger partial charge in [-0.2, -0.15) is 26.3 Å². The Labute approximate surface area is 447 Å². The number of rotatable bonds is 10. The van der Waals surface area contributed by atoms with Gasteiger partial charge in [0.2, 0.25) is 11.6 Å². The number of nitrogens with zero attached hydrogens (tertiary/aromatic N) is 2. The first-order chi connectivity index (χ1) is 39.3. The molecule has 0 heterocycles.